The number of carbonyl (C=O) groups excluding carboxylic acids is 2. The van der Waals surface area contributed by atoms with E-state index in [2.05, 4.69) is 39.1 Å². The van der Waals surface area contributed by atoms with Crippen LogP contribution >= 0.6 is 23.2 Å². The quantitative estimate of drug-likeness (QED) is 0.0256. The molecular weight excluding hydrogens is 886 g/mol. The third-order valence-corrected chi connectivity index (χ3v) is 13.2. The molecule has 2 aromatic rings. The normalized spacial score (nSPS) is 14.1. The number of benzene rings is 3. The standard InChI is InChI=1S/C38H43Cl2N5O12S3/c1-5-7-8-9-11-27(46)42-21(3)13-14-23-15-16-24-33(37(23)59(50,51)52)56-35-29(39)32-36(30(40)31(35)44-24)57-34-25(45-32)17-18-26(38(34)60(53,54)55)41-20-22(4)43-28(47)12-10-19-58(48,49)6-2/h5-6,15-18,21-22,44H,1-2,7-14,19-20H2,3-4H3,(H,42,46)(H,43,47)(H,50,51,52)(H,53,54,55). The SMILES string of the molecule is C=CCCCCC(=O)NC(C)CCc1ccc2c(c1S(=O)(=O)O)Oc1c(c(Cl)c3oc4c(S(=O)(=O)O)c(=NCC(C)NC(=O)CCCS(=O)(=O)C=C)ccc-4nc3c1Cl)N2. The van der Waals surface area contributed by atoms with Gasteiger partial charge in [0.2, 0.25) is 11.8 Å². The lowest BCUT2D eigenvalue weighted by Crippen LogP contribution is -2.35. The zero-order valence-electron chi connectivity index (χ0n) is 32.5. The molecule has 324 valence electrons. The van der Waals surface area contributed by atoms with Crippen molar-refractivity contribution >= 4 is 87.6 Å². The lowest BCUT2D eigenvalue weighted by Gasteiger charge is -2.27. The van der Waals surface area contributed by atoms with Gasteiger partial charge in [0.05, 0.1) is 23.3 Å². The number of nitrogens with zero attached hydrogens (tertiary/aromatic N) is 2. The topological polar surface area (TPSA) is 261 Å². The van der Waals surface area contributed by atoms with Gasteiger partial charge in [0.25, 0.3) is 10.1 Å². The Morgan fingerprint density at radius 2 is 1.57 bits per heavy atom. The molecule has 2 aromatic carbocycles. The van der Waals surface area contributed by atoms with Crippen LogP contribution in [0.15, 0.2) is 68.1 Å². The number of ether oxygens (including phenoxy) is 1. The summed E-state index contributed by atoms with van der Waals surface area (Å²) in [5, 5.41) is 8.61. The second-order valence-corrected chi connectivity index (χ2v) is 19.6. The molecular formula is C38H43Cl2N5O12S3. The highest BCUT2D eigenvalue weighted by atomic mass is 35.5. The van der Waals surface area contributed by atoms with Crippen LogP contribution in [0.25, 0.3) is 22.6 Å². The van der Waals surface area contributed by atoms with Crippen molar-refractivity contribution in [2.75, 3.05) is 17.6 Å². The van der Waals surface area contributed by atoms with Gasteiger partial charge in [-0.3, -0.25) is 23.7 Å². The average molecular weight is 929 g/mol. The van der Waals surface area contributed by atoms with Crippen LogP contribution in [0.4, 0.5) is 11.4 Å². The summed E-state index contributed by atoms with van der Waals surface area (Å²) >= 11 is 13.6. The Kier molecular flexibility index (Phi) is 14.7. The number of amides is 2. The van der Waals surface area contributed by atoms with Crippen LogP contribution in [0.1, 0.15) is 64.4 Å². The fourth-order valence-electron chi connectivity index (χ4n) is 6.39. The van der Waals surface area contributed by atoms with Crippen molar-refractivity contribution < 1.29 is 53.1 Å². The summed E-state index contributed by atoms with van der Waals surface area (Å²) in [6, 6.07) is 4.57. The van der Waals surface area contributed by atoms with Gasteiger partial charge in [-0.15, -0.1) is 6.58 Å². The number of nitrogens with one attached hydrogen (secondary N) is 3. The lowest BCUT2D eigenvalue weighted by atomic mass is 10.0. The van der Waals surface area contributed by atoms with Gasteiger partial charge in [-0.25, -0.2) is 13.4 Å². The van der Waals surface area contributed by atoms with E-state index in [9.17, 15) is 43.9 Å². The van der Waals surface area contributed by atoms with Crippen molar-refractivity contribution in [2.45, 2.75) is 87.1 Å². The fourth-order valence-corrected chi connectivity index (χ4v) is 9.29. The summed E-state index contributed by atoms with van der Waals surface area (Å²) in [7, 11) is -13.4. The largest absolute Gasteiger partial charge is 0.450 e. The summed E-state index contributed by atoms with van der Waals surface area (Å²) in [4.78, 5) is 32.2. The summed E-state index contributed by atoms with van der Waals surface area (Å²) in [6.07, 6.45) is 4.85. The van der Waals surface area contributed by atoms with Crippen LogP contribution in [0.2, 0.25) is 10.0 Å². The molecule has 5 N–H and O–H groups in total. The molecule has 2 aliphatic heterocycles. The minimum atomic E-state index is -5.05. The molecule has 2 heterocycles. The van der Waals surface area contributed by atoms with E-state index in [1.165, 1.54) is 24.3 Å². The molecule has 0 aromatic heterocycles. The molecule has 0 radical (unpaired) electrons. The maximum Gasteiger partial charge on any atom is 0.300 e. The molecule has 0 saturated heterocycles. The van der Waals surface area contributed by atoms with Gasteiger partial charge in [0.15, 0.2) is 37.6 Å². The van der Waals surface area contributed by atoms with Crippen molar-refractivity contribution in [2.24, 2.45) is 4.99 Å². The maximum atomic E-state index is 12.9. The molecule has 22 heteroatoms. The molecule has 0 fully saturated rings. The van der Waals surface area contributed by atoms with E-state index in [4.69, 9.17) is 32.4 Å². The number of fused-ring (bicyclic) bond motifs is 4. The molecule has 60 heavy (non-hydrogen) atoms. The number of unbranched alkanes of at least 4 members (excludes halogenated alkanes) is 2. The monoisotopic (exact) mass is 927 g/mol. The third kappa shape index (κ3) is 11.0. The van der Waals surface area contributed by atoms with Gasteiger partial charge >= 0.3 is 10.1 Å². The van der Waals surface area contributed by atoms with Crippen LogP contribution < -0.4 is 26.0 Å². The molecule has 1 aliphatic carbocycles. The zero-order valence-corrected chi connectivity index (χ0v) is 36.4. The van der Waals surface area contributed by atoms with Crippen molar-refractivity contribution in [3.8, 4) is 23.0 Å². The number of allylic oxidation sites excluding steroid dienone is 1. The van der Waals surface area contributed by atoms with Crippen LogP contribution in [-0.4, -0.2) is 75.5 Å². The Labute approximate surface area is 357 Å². The van der Waals surface area contributed by atoms with Gasteiger partial charge in [0.1, 0.15) is 31.8 Å². The summed E-state index contributed by atoms with van der Waals surface area (Å²) in [5.74, 6) is -1.79. The fraction of sp³-hybridized carbons (Fsp3) is 0.368. The second kappa shape index (κ2) is 19.0. The van der Waals surface area contributed by atoms with E-state index in [0.717, 1.165) is 18.2 Å². The first-order chi connectivity index (χ1) is 28.1. The van der Waals surface area contributed by atoms with E-state index < -0.39 is 57.6 Å². The van der Waals surface area contributed by atoms with Crippen molar-refractivity contribution in [1.29, 1.82) is 0 Å². The number of hydrogen-bond acceptors (Lipinski definition) is 13. The first kappa shape index (κ1) is 46.5. The van der Waals surface area contributed by atoms with Gasteiger partial charge in [-0.2, -0.15) is 16.8 Å². The second-order valence-electron chi connectivity index (χ2n) is 14.1. The minimum absolute atomic E-state index is 0.0223. The van der Waals surface area contributed by atoms with E-state index >= 15 is 0 Å². The molecule has 2 atom stereocenters. The molecule has 17 nitrogen and oxygen atoms in total. The smallest absolute Gasteiger partial charge is 0.300 e. The number of carbonyl (C=O) groups is 2. The number of sulfone groups is 1. The zero-order chi connectivity index (χ0) is 44.2. The van der Waals surface area contributed by atoms with Crippen LogP contribution in [0.3, 0.4) is 0 Å². The number of aryl methyl sites for hydroxylation is 1. The number of halogens is 2. The van der Waals surface area contributed by atoms with Crippen molar-refractivity contribution in [3.63, 3.8) is 0 Å². The summed E-state index contributed by atoms with van der Waals surface area (Å²) in [6.45, 7) is 10.1. The van der Waals surface area contributed by atoms with Crippen molar-refractivity contribution in [3.05, 3.63) is 69.9 Å². The Balaban J connectivity index is 1.46. The number of hydrogen-bond donors (Lipinski definition) is 5. The molecule has 2 unspecified atom stereocenters. The van der Waals surface area contributed by atoms with Crippen molar-refractivity contribution in [1.82, 2.24) is 15.6 Å². The number of anilines is 2. The Morgan fingerprint density at radius 3 is 2.22 bits per heavy atom. The van der Waals surface area contributed by atoms with Gasteiger partial charge in [-0.05, 0) is 76.1 Å². The summed E-state index contributed by atoms with van der Waals surface area (Å²) < 4.78 is 107. The highest BCUT2D eigenvalue weighted by Gasteiger charge is 2.34. The number of rotatable bonds is 19. The highest BCUT2D eigenvalue weighted by Crippen LogP contribution is 2.54. The maximum absolute atomic E-state index is 12.9. The molecule has 0 saturated carbocycles. The van der Waals surface area contributed by atoms with Gasteiger partial charge < -0.3 is 25.1 Å². The third-order valence-electron chi connectivity index (χ3n) is 9.29. The van der Waals surface area contributed by atoms with Crippen LogP contribution in [0.5, 0.6) is 11.5 Å². The molecule has 5 rings (SSSR count). The average Bonchev–Trinajstić information content (AvgIpc) is 3.17. The van der Waals surface area contributed by atoms with E-state index in [1.54, 1.807) is 19.9 Å². The Bertz CT molecular complexity index is 2740. The highest BCUT2D eigenvalue weighted by molar-refractivity contribution is 7.94. The van der Waals surface area contributed by atoms with Crippen LogP contribution in [0, 0.1) is 0 Å². The Hall–Kier alpha value is -4.57. The molecule has 0 spiro atoms. The van der Waals surface area contributed by atoms with E-state index in [0.29, 0.717) is 19.3 Å². The lowest BCUT2D eigenvalue weighted by molar-refractivity contribution is -0.122. The van der Waals surface area contributed by atoms with E-state index in [1.807, 2.05) is 0 Å². The molecule has 0 bridgehead atoms. The van der Waals surface area contributed by atoms with Gasteiger partial charge in [0, 0.05) is 30.3 Å². The predicted molar refractivity (Wildman–Crippen MR) is 226 cm³/mol. The van der Waals surface area contributed by atoms with E-state index in [-0.39, 0.29) is 104 Å². The van der Waals surface area contributed by atoms with Crippen LogP contribution in [-0.2, 0) is 46.1 Å². The summed E-state index contributed by atoms with van der Waals surface area (Å²) in [5.41, 5.74) is -0.273. The Morgan fingerprint density at radius 1 is 0.900 bits per heavy atom. The van der Waals surface area contributed by atoms with Gasteiger partial charge in [-0.1, -0.05) is 41.9 Å². The molecule has 2 amide bonds. The minimum Gasteiger partial charge on any atom is -0.450 e. The first-order valence-electron chi connectivity index (χ1n) is 18.5. The number of aromatic nitrogens is 1. The molecule has 3 aliphatic rings. The first-order valence-corrected chi connectivity index (χ1v) is 23.9. The predicted octanol–water partition coefficient (Wildman–Crippen LogP) is 6.51.